The molecule has 0 saturated heterocycles. The van der Waals surface area contributed by atoms with Crippen LogP contribution in [0, 0.1) is 11.3 Å². The first-order valence-corrected chi connectivity index (χ1v) is 5.94. The highest BCUT2D eigenvalue weighted by molar-refractivity contribution is 5.93. The van der Waals surface area contributed by atoms with E-state index in [1.807, 2.05) is 24.5 Å². The lowest BCUT2D eigenvalue weighted by molar-refractivity contribution is 0.0796. The molecule has 0 spiro atoms. The molecule has 0 unspecified atom stereocenters. The molecule has 5 heteroatoms. The molecule has 19 heavy (non-hydrogen) atoms. The van der Waals surface area contributed by atoms with Crippen LogP contribution in [0.5, 0.6) is 0 Å². The van der Waals surface area contributed by atoms with Crippen LogP contribution in [0.2, 0.25) is 0 Å². The van der Waals surface area contributed by atoms with Gasteiger partial charge in [0.1, 0.15) is 11.8 Å². The number of likely N-dealkylation sites (N-methyl/N-ethyl adjacent to an activating group) is 1. The van der Waals surface area contributed by atoms with Crippen molar-refractivity contribution >= 4 is 5.91 Å². The molecule has 0 aromatic carbocycles. The number of pyridine rings is 1. The van der Waals surface area contributed by atoms with Crippen LogP contribution in [0.1, 0.15) is 21.6 Å². The number of H-pyrrole nitrogens is 1. The second kappa shape index (κ2) is 5.83. The molecule has 2 aromatic rings. The fourth-order valence-electron chi connectivity index (χ4n) is 1.72. The zero-order chi connectivity index (χ0) is 13.7. The molecule has 96 valence electrons. The van der Waals surface area contributed by atoms with Crippen molar-refractivity contribution in [3.63, 3.8) is 0 Å². The maximum atomic E-state index is 12.1. The first kappa shape index (κ1) is 12.8. The number of carbonyl (C=O) groups is 1. The molecule has 0 atom stereocenters. The number of rotatable bonds is 4. The molecule has 0 radical (unpaired) electrons. The average Bonchev–Trinajstić information content (AvgIpc) is 2.97. The van der Waals surface area contributed by atoms with E-state index in [0.717, 1.165) is 12.0 Å². The monoisotopic (exact) mass is 254 g/mol. The Hall–Kier alpha value is -2.61. The Morgan fingerprint density at radius 1 is 1.47 bits per heavy atom. The average molecular weight is 254 g/mol. The van der Waals surface area contributed by atoms with Crippen molar-refractivity contribution in [3.8, 4) is 6.07 Å². The Kier molecular flexibility index (Phi) is 3.94. The maximum Gasteiger partial charge on any atom is 0.255 e. The number of carbonyl (C=O) groups excluding carboxylic acids is 1. The van der Waals surface area contributed by atoms with Crippen molar-refractivity contribution in [1.82, 2.24) is 14.9 Å². The van der Waals surface area contributed by atoms with Crippen molar-refractivity contribution in [3.05, 3.63) is 53.6 Å². The third-order valence-electron chi connectivity index (χ3n) is 2.87. The first-order valence-electron chi connectivity index (χ1n) is 5.94. The summed E-state index contributed by atoms with van der Waals surface area (Å²) in [5, 5.41) is 8.66. The van der Waals surface area contributed by atoms with Crippen molar-refractivity contribution in [2.45, 2.75) is 6.42 Å². The molecule has 1 amide bonds. The number of amides is 1. The molecular weight excluding hydrogens is 240 g/mol. The smallest absolute Gasteiger partial charge is 0.255 e. The molecule has 0 fully saturated rings. The van der Waals surface area contributed by atoms with Gasteiger partial charge >= 0.3 is 0 Å². The Balaban J connectivity index is 1.96. The second-order valence-electron chi connectivity index (χ2n) is 4.24. The normalized spacial score (nSPS) is 9.89. The summed E-state index contributed by atoms with van der Waals surface area (Å²) in [6, 6.07) is 7.09. The van der Waals surface area contributed by atoms with Crippen LogP contribution < -0.4 is 0 Å². The largest absolute Gasteiger partial charge is 0.367 e. The van der Waals surface area contributed by atoms with E-state index >= 15 is 0 Å². The molecular formula is C14H14N4O. The standard InChI is InChI=1S/C14H14N4O/c1-18(7-5-11-4-6-16-9-11)14(19)12-2-3-13(8-15)17-10-12/h2-4,6,9-10,16H,5,7H2,1H3. The van der Waals surface area contributed by atoms with Crippen LogP contribution in [0.15, 0.2) is 36.8 Å². The van der Waals surface area contributed by atoms with E-state index in [-0.39, 0.29) is 5.91 Å². The van der Waals surface area contributed by atoms with Gasteiger partial charge in [0, 0.05) is 32.2 Å². The molecule has 0 aliphatic carbocycles. The predicted molar refractivity (Wildman–Crippen MR) is 70.4 cm³/mol. The van der Waals surface area contributed by atoms with Gasteiger partial charge in [0.15, 0.2) is 0 Å². The van der Waals surface area contributed by atoms with Gasteiger partial charge in [-0.2, -0.15) is 5.26 Å². The fourth-order valence-corrected chi connectivity index (χ4v) is 1.72. The Bertz CT molecular complexity index is 581. The highest BCUT2D eigenvalue weighted by Gasteiger charge is 2.12. The lowest BCUT2D eigenvalue weighted by atomic mass is 10.2. The summed E-state index contributed by atoms with van der Waals surface area (Å²) >= 11 is 0. The minimum atomic E-state index is -0.0903. The fraction of sp³-hybridized carbons (Fsp3) is 0.214. The Morgan fingerprint density at radius 2 is 2.32 bits per heavy atom. The summed E-state index contributed by atoms with van der Waals surface area (Å²) in [7, 11) is 1.76. The van der Waals surface area contributed by atoms with Gasteiger partial charge < -0.3 is 9.88 Å². The third kappa shape index (κ3) is 3.19. The van der Waals surface area contributed by atoms with Crippen molar-refractivity contribution in [1.29, 1.82) is 5.26 Å². The molecule has 0 aliphatic heterocycles. The summed E-state index contributed by atoms with van der Waals surface area (Å²) in [6.07, 6.45) is 6.02. The van der Waals surface area contributed by atoms with E-state index in [9.17, 15) is 4.79 Å². The van der Waals surface area contributed by atoms with Crippen molar-refractivity contribution < 1.29 is 4.79 Å². The van der Waals surface area contributed by atoms with Gasteiger partial charge in [-0.05, 0) is 30.2 Å². The van der Waals surface area contributed by atoms with Crippen LogP contribution in [0.4, 0.5) is 0 Å². The van der Waals surface area contributed by atoms with E-state index in [0.29, 0.717) is 17.8 Å². The highest BCUT2D eigenvalue weighted by Crippen LogP contribution is 2.05. The van der Waals surface area contributed by atoms with Crippen LogP contribution in [0.3, 0.4) is 0 Å². The number of nitriles is 1. The number of aromatic amines is 1. The molecule has 1 N–H and O–H groups in total. The number of hydrogen-bond donors (Lipinski definition) is 1. The quantitative estimate of drug-likeness (QED) is 0.900. The summed E-state index contributed by atoms with van der Waals surface area (Å²) in [4.78, 5) is 20.6. The lowest BCUT2D eigenvalue weighted by Gasteiger charge is -2.16. The highest BCUT2D eigenvalue weighted by atomic mass is 16.2. The zero-order valence-corrected chi connectivity index (χ0v) is 10.6. The van der Waals surface area contributed by atoms with Gasteiger partial charge in [-0.1, -0.05) is 0 Å². The van der Waals surface area contributed by atoms with Crippen molar-refractivity contribution in [2.24, 2.45) is 0 Å². The molecule has 0 aliphatic rings. The van der Waals surface area contributed by atoms with Crippen LogP contribution in [0.25, 0.3) is 0 Å². The zero-order valence-electron chi connectivity index (χ0n) is 10.6. The topological polar surface area (TPSA) is 72.8 Å². The van der Waals surface area contributed by atoms with Gasteiger partial charge in [-0.25, -0.2) is 4.98 Å². The molecule has 2 rings (SSSR count). The molecule has 5 nitrogen and oxygen atoms in total. The van der Waals surface area contributed by atoms with Gasteiger partial charge in [0.25, 0.3) is 5.91 Å². The summed E-state index contributed by atoms with van der Waals surface area (Å²) in [5.74, 6) is -0.0903. The van der Waals surface area contributed by atoms with E-state index < -0.39 is 0 Å². The summed E-state index contributed by atoms with van der Waals surface area (Å²) < 4.78 is 0. The van der Waals surface area contributed by atoms with Gasteiger partial charge in [0.2, 0.25) is 0 Å². The van der Waals surface area contributed by atoms with E-state index in [1.165, 1.54) is 6.20 Å². The van der Waals surface area contributed by atoms with Gasteiger partial charge in [-0.15, -0.1) is 0 Å². The molecule has 0 bridgehead atoms. The summed E-state index contributed by atoms with van der Waals surface area (Å²) in [5.41, 5.74) is 1.97. The second-order valence-corrected chi connectivity index (χ2v) is 4.24. The maximum absolute atomic E-state index is 12.1. The lowest BCUT2D eigenvalue weighted by Crippen LogP contribution is -2.28. The third-order valence-corrected chi connectivity index (χ3v) is 2.87. The SMILES string of the molecule is CN(CCc1cc[nH]c1)C(=O)c1ccc(C#N)nc1. The number of aromatic nitrogens is 2. The summed E-state index contributed by atoms with van der Waals surface area (Å²) in [6.45, 7) is 0.636. The van der Waals surface area contributed by atoms with Gasteiger partial charge in [0.05, 0.1) is 5.56 Å². The van der Waals surface area contributed by atoms with Crippen molar-refractivity contribution in [2.75, 3.05) is 13.6 Å². The van der Waals surface area contributed by atoms with Crippen LogP contribution in [-0.2, 0) is 6.42 Å². The molecule has 2 aromatic heterocycles. The van der Waals surface area contributed by atoms with Gasteiger partial charge in [-0.3, -0.25) is 4.79 Å². The predicted octanol–water partition coefficient (Wildman–Crippen LogP) is 1.60. The molecule has 0 saturated carbocycles. The van der Waals surface area contributed by atoms with Crippen LogP contribution in [-0.4, -0.2) is 34.4 Å². The number of hydrogen-bond acceptors (Lipinski definition) is 3. The minimum absolute atomic E-state index is 0.0903. The van der Waals surface area contributed by atoms with E-state index in [2.05, 4.69) is 9.97 Å². The van der Waals surface area contributed by atoms with E-state index in [4.69, 9.17) is 5.26 Å². The van der Waals surface area contributed by atoms with Crippen LogP contribution >= 0.6 is 0 Å². The number of nitrogens with one attached hydrogen (secondary N) is 1. The minimum Gasteiger partial charge on any atom is -0.367 e. The number of nitrogens with zero attached hydrogens (tertiary/aromatic N) is 3. The molecule has 2 heterocycles. The van der Waals surface area contributed by atoms with E-state index in [1.54, 1.807) is 24.1 Å². The Morgan fingerprint density at radius 3 is 2.89 bits per heavy atom. The Labute approximate surface area is 111 Å². The first-order chi connectivity index (χ1) is 9.20.